The SMILES string of the molecule is CSCC[C@@H](NC(N)=O)C(=O)OCC(=O)Nc1cc(C)ccc1C. The van der Waals surface area contributed by atoms with Crippen LogP contribution in [0.3, 0.4) is 0 Å². The number of benzene rings is 1. The van der Waals surface area contributed by atoms with Gasteiger partial charge in [-0.2, -0.15) is 11.8 Å². The van der Waals surface area contributed by atoms with Crippen LogP contribution in [-0.2, 0) is 14.3 Å². The Morgan fingerprint density at radius 3 is 2.62 bits per heavy atom. The van der Waals surface area contributed by atoms with Crippen molar-refractivity contribution in [1.82, 2.24) is 5.32 Å². The Labute approximate surface area is 145 Å². The van der Waals surface area contributed by atoms with Gasteiger partial charge in [-0.3, -0.25) is 4.79 Å². The number of nitrogens with one attached hydrogen (secondary N) is 2. The fourth-order valence-electron chi connectivity index (χ4n) is 1.95. The number of amides is 3. The maximum absolute atomic E-state index is 12.0. The number of esters is 1. The molecule has 0 aliphatic heterocycles. The van der Waals surface area contributed by atoms with Gasteiger partial charge in [0.2, 0.25) is 0 Å². The van der Waals surface area contributed by atoms with Crippen LogP contribution in [0.5, 0.6) is 0 Å². The summed E-state index contributed by atoms with van der Waals surface area (Å²) in [5.74, 6) is -0.479. The molecule has 0 aliphatic carbocycles. The number of hydrogen-bond acceptors (Lipinski definition) is 5. The lowest BCUT2D eigenvalue weighted by molar-refractivity contribution is -0.149. The molecule has 0 heterocycles. The number of carbonyl (C=O) groups excluding carboxylic acids is 3. The van der Waals surface area contributed by atoms with E-state index in [0.717, 1.165) is 11.1 Å². The molecule has 24 heavy (non-hydrogen) atoms. The first-order valence-electron chi connectivity index (χ1n) is 7.42. The molecule has 0 unspecified atom stereocenters. The van der Waals surface area contributed by atoms with Crippen LogP contribution in [0.2, 0.25) is 0 Å². The summed E-state index contributed by atoms with van der Waals surface area (Å²) in [7, 11) is 0. The average Bonchev–Trinajstić information content (AvgIpc) is 2.52. The molecule has 3 amide bonds. The predicted octanol–water partition coefficient (Wildman–Crippen LogP) is 1.58. The van der Waals surface area contributed by atoms with Gasteiger partial charge in [-0.1, -0.05) is 12.1 Å². The van der Waals surface area contributed by atoms with Crippen LogP contribution < -0.4 is 16.4 Å². The minimum atomic E-state index is -0.858. The van der Waals surface area contributed by atoms with E-state index in [9.17, 15) is 14.4 Å². The molecule has 8 heteroatoms. The second-order valence-corrected chi connectivity index (χ2v) is 6.30. The number of hydrogen-bond donors (Lipinski definition) is 3. The van der Waals surface area contributed by atoms with Crippen molar-refractivity contribution in [3.05, 3.63) is 29.3 Å². The number of rotatable bonds is 8. The van der Waals surface area contributed by atoms with Crippen LogP contribution in [0.1, 0.15) is 17.5 Å². The van der Waals surface area contributed by atoms with Gasteiger partial charge in [0.1, 0.15) is 6.04 Å². The van der Waals surface area contributed by atoms with Gasteiger partial charge in [0.15, 0.2) is 6.61 Å². The van der Waals surface area contributed by atoms with Crippen molar-refractivity contribution in [2.24, 2.45) is 5.73 Å². The zero-order valence-corrected chi connectivity index (χ0v) is 14.9. The fourth-order valence-corrected chi connectivity index (χ4v) is 2.42. The Bertz CT molecular complexity index is 607. The summed E-state index contributed by atoms with van der Waals surface area (Å²) in [4.78, 5) is 34.9. The van der Waals surface area contributed by atoms with Gasteiger partial charge in [0.05, 0.1) is 0 Å². The molecule has 1 atom stereocenters. The van der Waals surface area contributed by atoms with Crippen molar-refractivity contribution in [3.63, 3.8) is 0 Å². The summed E-state index contributed by atoms with van der Waals surface area (Å²) in [5, 5.41) is 5.02. The summed E-state index contributed by atoms with van der Waals surface area (Å²) >= 11 is 1.52. The average molecular weight is 353 g/mol. The molecule has 0 aromatic heterocycles. The fraction of sp³-hybridized carbons (Fsp3) is 0.438. The lowest BCUT2D eigenvalue weighted by atomic mass is 10.1. The zero-order chi connectivity index (χ0) is 18.1. The highest BCUT2D eigenvalue weighted by molar-refractivity contribution is 7.98. The van der Waals surface area contributed by atoms with Crippen LogP contribution in [0.15, 0.2) is 18.2 Å². The van der Waals surface area contributed by atoms with Gasteiger partial charge in [-0.25, -0.2) is 9.59 Å². The molecule has 7 nitrogen and oxygen atoms in total. The topological polar surface area (TPSA) is 111 Å². The molecule has 0 radical (unpaired) electrons. The molecule has 0 aliphatic rings. The summed E-state index contributed by atoms with van der Waals surface area (Å²) < 4.78 is 4.98. The number of carbonyl (C=O) groups is 3. The third-order valence-electron chi connectivity index (χ3n) is 3.22. The van der Waals surface area contributed by atoms with Crippen molar-refractivity contribution < 1.29 is 19.1 Å². The first-order chi connectivity index (χ1) is 11.3. The second-order valence-electron chi connectivity index (χ2n) is 5.32. The minimum absolute atomic E-state index is 0.377. The van der Waals surface area contributed by atoms with E-state index in [-0.39, 0.29) is 0 Å². The van der Waals surface area contributed by atoms with E-state index in [0.29, 0.717) is 17.9 Å². The number of thioether (sulfide) groups is 1. The van der Waals surface area contributed by atoms with Gasteiger partial charge in [0, 0.05) is 5.69 Å². The van der Waals surface area contributed by atoms with Crippen molar-refractivity contribution in [2.45, 2.75) is 26.3 Å². The standard InChI is InChI=1S/C16H23N3O4S/c1-10-4-5-11(2)13(8-10)18-14(20)9-23-15(21)12(6-7-24-3)19-16(17)22/h4-5,8,12H,6-7,9H2,1-3H3,(H,18,20)(H3,17,19,22)/t12-/m1/s1. The number of nitrogens with two attached hydrogens (primary N) is 1. The van der Waals surface area contributed by atoms with E-state index < -0.39 is 30.6 Å². The number of anilines is 1. The minimum Gasteiger partial charge on any atom is -0.454 e. The number of ether oxygens (including phenoxy) is 1. The summed E-state index contributed by atoms with van der Waals surface area (Å²) in [6.07, 6.45) is 2.26. The lowest BCUT2D eigenvalue weighted by Gasteiger charge is -2.16. The van der Waals surface area contributed by atoms with Crippen LogP contribution in [0, 0.1) is 13.8 Å². The number of urea groups is 1. The van der Waals surface area contributed by atoms with E-state index in [1.807, 2.05) is 38.3 Å². The smallest absolute Gasteiger partial charge is 0.329 e. The molecular weight excluding hydrogens is 330 g/mol. The number of primary amides is 1. The quantitative estimate of drug-likeness (QED) is 0.615. The molecule has 0 saturated heterocycles. The highest BCUT2D eigenvalue weighted by Gasteiger charge is 2.21. The van der Waals surface area contributed by atoms with E-state index >= 15 is 0 Å². The predicted molar refractivity (Wildman–Crippen MR) is 95.0 cm³/mol. The molecule has 1 aromatic carbocycles. The van der Waals surface area contributed by atoms with Crippen molar-refractivity contribution in [3.8, 4) is 0 Å². The monoisotopic (exact) mass is 353 g/mol. The van der Waals surface area contributed by atoms with Gasteiger partial charge in [0.25, 0.3) is 5.91 Å². The van der Waals surface area contributed by atoms with Crippen molar-refractivity contribution in [1.29, 1.82) is 0 Å². The van der Waals surface area contributed by atoms with E-state index in [1.54, 1.807) is 0 Å². The maximum atomic E-state index is 12.0. The molecule has 1 aromatic rings. The highest BCUT2D eigenvalue weighted by atomic mass is 32.2. The van der Waals surface area contributed by atoms with Gasteiger partial charge in [-0.05, 0) is 49.5 Å². The van der Waals surface area contributed by atoms with Crippen molar-refractivity contribution >= 4 is 35.4 Å². The van der Waals surface area contributed by atoms with Gasteiger partial charge >= 0.3 is 12.0 Å². The lowest BCUT2D eigenvalue weighted by Crippen LogP contribution is -2.45. The van der Waals surface area contributed by atoms with Crippen LogP contribution in [0.4, 0.5) is 10.5 Å². The zero-order valence-electron chi connectivity index (χ0n) is 14.0. The summed E-state index contributed by atoms with van der Waals surface area (Å²) in [6.45, 7) is 3.36. The Morgan fingerprint density at radius 2 is 2.00 bits per heavy atom. The Morgan fingerprint density at radius 1 is 1.29 bits per heavy atom. The molecule has 132 valence electrons. The molecule has 0 saturated carbocycles. The Kier molecular flexibility index (Phi) is 8.11. The molecule has 4 N–H and O–H groups in total. The van der Waals surface area contributed by atoms with Crippen LogP contribution >= 0.6 is 11.8 Å². The van der Waals surface area contributed by atoms with E-state index in [1.165, 1.54) is 11.8 Å². The second kappa shape index (κ2) is 9.82. The largest absolute Gasteiger partial charge is 0.454 e. The van der Waals surface area contributed by atoms with Crippen molar-refractivity contribution in [2.75, 3.05) is 23.9 Å². The Hall–Kier alpha value is -2.22. The molecule has 1 rings (SSSR count). The normalized spacial score (nSPS) is 11.5. The van der Waals surface area contributed by atoms with Gasteiger partial charge < -0.3 is 21.1 Å². The highest BCUT2D eigenvalue weighted by Crippen LogP contribution is 2.16. The van der Waals surface area contributed by atoms with Crippen LogP contribution in [-0.4, -0.2) is 42.6 Å². The summed E-state index contributed by atoms with van der Waals surface area (Å²) in [5.41, 5.74) is 7.64. The van der Waals surface area contributed by atoms with E-state index in [2.05, 4.69) is 10.6 Å². The first kappa shape index (κ1) is 19.8. The van der Waals surface area contributed by atoms with Crippen LogP contribution in [0.25, 0.3) is 0 Å². The Balaban J connectivity index is 2.55. The number of aryl methyl sites for hydroxylation is 2. The molecule has 0 fully saturated rings. The maximum Gasteiger partial charge on any atom is 0.329 e. The van der Waals surface area contributed by atoms with Gasteiger partial charge in [-0.15, -0.1) is 0 Å². The summed E-state index contributed by atoms with van der Waals surface area (Å²) in [6, 6.07) is 4.01. The third kappa shape index (κ3) is 6.91. The molecule has 0 bridgehead atoms. The molecular formula is C16H23N3O4S. The third-order valence-corrected chi connectivity index (χ3v) is 3.87. The van der Waals surface area contributed by atoms with E-state index in [4.69, 9.17) is 10.5 Å². The molecule has 0 spiro atoms. The first-order valence-corrected chi connectivity index (χ1v) is 8.81.